The van der Waals surface area contributed by atoms with Crippen LogP contribution < -0.4 is 10.6 Å². The summed E-state index contributed by atoms with van der Waals surface area (Å²) >= 11 is 0. The van der Waals surface area contributed by atoms with E-state index >= 15 is 0 Å². The first kappa shape index (κ1) is 19.5. The number of nitrogens with zero attached hydrogens (tertiary/aromatic N) is 5. The fourth-order valence-electron chi connectivity index (χ4n) is 4.40. The molecule has 0 spiro atoms. The Kier molecular flexibility index (Phi) is 4.34. The summed E-state index contributed by atoms with van der Waals surface area (Å²) in [6, 6.07) is 0. The van der Waals surface area contributed by atoms with Crippen molar-refractivity contribution in [3.8, 4) is 0 Å². The van der Waals surface area contributed by atoms with Gasteiger partial charge >= 0.3 is 0 Å². The fraction of sp³-hybridized carbons (Fsp3) is 0.522. The van der Waals surface area contributed by atoms with Crippen LogP contribution in [0.15, 0.2) is 17.1 Å². The normalized spacial score (nSPS) is 19.0. The molecular weight excluding hydrogens is 406 g/mol. The molecule has 3 aromatic rings. The summed E-state index contributed by atoms with van der Waals surface area (Å²) < 4.78 is 5.86. The van der Waals surface area contributed by atoms with E-state index in [1.807, 2.05) is 11.8 Å². The van der Waals surface area contributed by atoms with Crippen molar-refractivity contribution >= 4 is 28.6 Å². The Labute approximate surface area is 186 Å². The van der Waals surface area contributed by atoms with Crippen molar-refractivity contribution in [1.82, 2.24) is 24.8 Å². The van der Waals surface area contributed by atoms with Crippen molar-refractivity contribution < 1.29 is 9.21 Å². The second-order valence-corrected chi connectivity index (χ2v) is 9.57. The van der Waals surface area contributed by atoms with E-state index < -0.39 is 0 Å². The maximum atomic E-state index is 13.7. The number of fused-ring (bicyclic) bond motifs is 2. The molecule has 1 aliphatic heterocycles. The number of anilines is 2. The van der Waals surface area contributed by atoms with Gasteiger partial charge in [0.25, 0.3) is 5.91 Å². The molecule has 0 atom stereocenters. The molecule has 166 valence electrons. The molecule has 3 aliphatic rings. The third kappa shape index (κ3) is 3.45. The van der Waals surface area contributed by atoms with Crippen LogP contribution in [0.5, 0.6) is 0 Å². The van der Waals surface area contributed by atoms with E-state index in [9.17, 15) is 4.79 Å². The molecule has 2 saturated carbocycles. The van der Waals surface area contributed by atoms with Gasteiger partial charge in [0.15, 0.2) is 0 Å². The Morgan fingerprint density at radius 2 is 1.97 bits per heavy atom. The molecule has 2 aliphatic carbocycles. The van der Waals surface area contributed by atoms with Crippen LogP contribution in [0.25, 0.3) is 11.1 Å². The Morgan fingerprint density at radius 1 is 1.19 bits per heavy atom. The van der Waals surface area contributed by atoms with Gasteiger partial charge in [-0.3, -0.25) is 4.79 Å². The monoisotopic (exact) mass is 433 g/mol. The molecule has 3 aromatic heterocycles. The van der Waals surface area contributed by atoms with E-state index in [-0.39, 0.29) is 11.4 Å². The average molecular weight is 434 g/mol. The van der Waals surface area contributed by atoms with Crippen LogP contribution in [-0.2, 0) is 13.0 Å². The third-order valence-electron chi connectivity index (χ3n) is 6.85. The van der Waals surface area contributed by atoms with Gasteiger partial charge in [-0.1, -0.05) is 0 Å². The van der Waals surface area contributed by atoms with Gasteiger partial charge in [-0.2, -0.15) is 0 Å². The number of carbonyl (C=O) groups is 1. The van der Waals surface area contributed by atoms with Gasteiger partial charge in [-0.25, -0.2) is 19.9 Å². The van der Waals surface area contributed by atoms with E-state index in [1.54, 1.807) is 6.33 Å². The van der Waals surface area contributed by atoms with E-state index in [0.29, 0.717) is 41.3 Å². The predicted octanol–water partition coefficient (Wildman–Crippen LogP) is 3.31. The number of aryl methyl sites for hydroxylation is 1. The highest BCUT2D eigenvalue weighted by atomic mass is 16.3. The third-order valence-corrected chi connectivity index (χ3v) is 6.85. The van der Waals surface area contributed by atoms with Gasteiger partial charge < -0.3 is 20.0 Å². The SMILES string of the molecule is Cc1oc2ncnc(NC3(C)CC3)c2c1C(=O)N1CCc2c(ncnc2NCC2CC2)C1. The number of amides is 1. The number of rotatable bonds is 6. The number of furan rings is 1. The second kappa shape index (κ2) is 7.15. The van der Waals surface area contributed by atoms with E-state index in [2.05, 4.69) is 37.5 Å². The minimum atomic E-state index is -0.0724. The zero-order chi connectivity index (χ0) is 21.9. The van der Waals surface area contributed by atoms with Crippen molar-refractivity contribution in [2.75, 3.05) is 23.7 Å². The number of carbonyl (C=O) groups excluding carboxylic acids is 1. The van der Waals surface area contributed by atoms with Crippen LogP contribution in [0.3, 0.4) is 0 Å². The Bertz CT molecular complexity index is 1210. The molecule has 6 rings (SSSR count). The van der Waals surface area contributed by atoms with Gasteiger partial charge in [-0.05, 0) is 51.9 Å². The number of nitrogens with one attached hydrogen (secondary N) is 2. The van der Waals surface area contributed by atoms with Crippen LogP contribution in [0, 0.1) is 12.8 Å². The van der Waals surface area contributed by atoms with E-state index in [4.69, 9.17) is 4.42 Å². The minimum absolute atomic E-state index is 0.0254. The number of aromatic nitrogens is 4. The molecule has 0 radical (unpaired) electrons. The first-order chi connectivity index (χ1) is 15.5. The topological polar surface area (TPSA) is 109 Å². The lowest BCUT2D eigenvalue weighted by atomic mass is 10.0. The quantitative estimate of drug-likeness (QED) is 0.609. The molecule has 2 fully saturated rings. The summed E-state index contributed by atoms with van der Waals surface area (Å²) in [6.45, 7) is 6.00. The zero-order valence-electron chi connectivity index (χ0n) is 18.4. The summed E-state index contributed by atoms with van der Waals surface area (Å²) in [7, 11) is 0. The smallest absolute Gasteiger partial charge is 0.258 e. The van der Waals surface area contributed by atoms with Gasteiger partial charge in [0.05, 0.1) is 23.2 Å². The van der Waals surface area contributed by atoms with Crippen LogP contribution in [0.4, 0.5) is 11.6 Å². The highest BCUT2D eigenvalue weighted by Gasteiger charge is 2.39. The maximum absolute atomic E-state index is 13.7. The minimum Gasteiger partial charge on any atom is -0.442 e. The molecule has 4 heterocycles. The van der Waals surface area contributed by atoms with Crippen LogP contribution in [0.2, 0.25) is 0 Å². The van der Waals surface area contributed by atoms with Gasteiger partial charge in [0.2, 0.25) is 5.71 Å². The largest absolute Gasteiger partial charge is 0.442 e. The van der Waals surface area contributed by atoms with Crippen LogP contribution in [0.1, 0.15) is 60.0 Å². The molecule has 0 saturated heterocycles. The van der Waals surface area contributed by atoms with Gasteiger partial charge in [0, 0.05) is 24.2 Å². The first-order valence-corrected chi connectivity index (χ1v) is 11.4. The summed E-state index contributed by atoms with van der Waals surface area (Å²) in [5.41, 5.74) is 3.04. The molecule has 0 bridgehead atoms. The molecular formula is C23H27N7O2. The fourth-order valence-corrected chi connectivity index (χ4v) is 4.40. The van der Waals surface area contributed by atoms with Crippen LogP contribution in [-0.4, -0.2) is 49.4 Å². The molecule has 32 heavy (non-hydrogen) atoms. The van der Waals surface area contributed by atoms with E-state index in [1.165, 1.54) is 19.2 Å². The standard InChI is InChI=1S/C23H27N7O2/c1-13-17(18-20(29-23(2)6-7-23)27-12-28-21(18)32-13)22(31)30-8-5-15-16(10-30)25-11-26-19(15)24-9-14-3-4-14/h11-12,14H,3-10H2,1-2H3,(H,24,25,26)(H,27,28,29). The van der Waals surface area contributed by atoms with Crippen molar-refractivity contribution in [3.05, 3.63) is 35.2 Å². The van der Waals surface area contributed by atoms with Crippen molar-refractivity contribution in [3.63, 3.8) is 0 Å². The molecule has 9 nitrogen and oxygen atoms in total. The van der Waals surface area contributed by atoms with Gasteiger partial charge in [-0.15, -0.1) is 0 Å². The molecule has 2 N–H and O–H groups in total. The Hall–Kier alpha value is -3.23. The summed E-state index contributed by atoms with van der Waals surface area (Å²) in [6.07, 6.45) is 8.55. The average Bonchev–Trinajstić information content (AvgIpc) is 3.71. The Morgan fingerprint density at radius 3 is 2.75 bits per heavy atom. The lowest BCUT2D eigenvalue weighted by Crippen LogP contribution is -2.37. The van der Waals surface area contributed by atoms with Crippen LogP contribution >= 0.6 is 0 Å². The van der Waals surface area contributed by atoms with Crippen molar-refractivity contribution in [2.24, 2.45) is 5.92 Å². The molecule has 0 aromatic carbocycles. The molecule has 9 heteroatoms. The second-order valence-electron chi connectivity index (χ2n) is 9.57. The summed E-state index contributed by atoms with van der Waals surface area (Å²) in [5, 5.41) is 7.64. The molecule has 1 amide bonds. The van der Waals surface area contributed by atoms with Gasteiger partial charge in [0.1, 0.15) is 30.1 Å². The zero-order valence-corrected chi connectivity index (χ0v) is 18.4. The highest BCUT2D eigenvalue weighted by molar-refractivity contribution is 6.10. The van der Waals surface area contributed by atoms with Crippen molar-refractivity contribution in [1.29, 1.82) is 0 Å². The lowest BCUT2D eigenvalue weighted by molar-refractivity contribution is 0.0731. The lowest BCUT2D eigenvalue weighted by Gasteiger charge is -2.29. The maximum Gasteiger partial charge on any atom is 0.258 e. The summed E-state index contributed by atoms with van der Waals surface area (Å²) in [5.74, 6) is 2.84. The number of hydrogen-bond donors (Lipinski definition) is 2. The molecule has 0 unspecified atom stereocenters. The number of hydrogen-bond acceptors (Lipinski definition) is 8. The van der Waals surface area contributed by atoms with Crippen molar-refractivity contribution in [2.45, 2.75) is 58.0 Å². The summed E-state index contributed by atoms with van der Waals surface area (Å²) in [4.78, 5) is 33.2. The predicted molar refractivity (Wildman–Crippen MR) is 119 cm³/mol. The van der Waals surface area contributed by atoms with E-state index in [0.717, 1.165) is 48.8 Å². The Balaban J connectivity index is 1.29. The first-order valence-electron chi connectivity index (χ1n) is 11.4. The highest BCUT2D eigenvalue weighted by Crippen LogP contribution is 2.40.